The number of pyridine rings is 1. The fraction of sp³-hybridized carbons (Fsp3) is 0.278. The van der Waals surface area contributed by atoms with Gasteiger partial charge in [-0.3, -0.25) is 10.2 Å². The maximum Gasteiger partial charge on any atom is 0.417 e. The molecule has 0 saturated carbocycles. The number of alkyl halides is 3. The molecule has 9 heteroatoms. The van der Waals surface area contributed by atoms with E-state index in [0.29, 0.717) is 24.9 Å². The summed E-state index contributed by atoms with van der Waals surface area (Å²) < 4.78 is 37.9. The first-order valence-electron chi connectivity index (χ1n) is 8.19. The molecule has 0 spiro atoms. The van der Waals surface area contributed by atoms with E-state index in [0.717, 1.165) is 23.7 Å². The summed E-state index contributed by atoms with van der Waals surface area (Å²) >= 11 is 5.84. The van der Waals surface area contributed by atoms with E-state index in [-0.39, 0.29) is 16.7 Å². The molecule has 1 N–H and O–H groups in total. The summed E-state index contributed by atoms with van der Waals surface area (Å²) in [6.07, 6.45) is -2.40. The molecule has 27 heavy (non-hydrogen) atoms. The summed E-state index contributed by atoms with van der Waals surface area (Å²) in [7, 11) is 0. The minimum absolute atomic E-state index is 0.0308. The molecule has 3 rings (SSSR count). The number of hydrogen-bond acceptors (Lipinski definition) is 4. The molecular weight excluding hydrogens is 381 g/mol. The van der Waals surface area contributed by atoms with Gasteiger partial charge in [0, 0.05) is 24.8 Å². The van der Waals surface area contributed by atoms with Gasteiger partial charge >= 0.3 is 6.18 Å². The molecule has 1 aromatic heterocycles. The van der Waals surface area contributed by atoms with Crippen molar-refractivity contribution in [2.75, 3.05) is 16.9 Å². The van der Waals surface area contributed by atoms with Crippen molar-refractivity contribution < 1.29 is 18.0 Å². The van der Waals surface area contributed by atoms with E-state index in [9.17, 15) is 18.0 Å². The topological polar surface area (TPSA) is 57.6 Å². The van der Waals surface area contributed by atoms with Crippen LogP contribution in [0.3, 0.4) is 0 Å². The standard InChI is InChI=1S/C18H16ClF3N4O/c1-11(12-4-6-14(7-5-12)26-8-2-3-16(26)27)24-25-17-15(19)9-13(10-23-17)18(20,21)22/h4-7,9-10H,2-3,8H2,1H3,(H,23,25)/b24-11-. The first-order valence-corrected chi connectivity index (χ1v) is 8.57. The van der Waals surface area contributed by atoms with Gasteiger partial charge < -0.3 is 4.90 Å². The van der Waals surface area contributed by atoms with Crippen molar-refractivity contribution in [2.24, 2.45) is 5.10 Å². The number of nitrogens with zero attached hydrogens (tertiary/aromatic N) is 3. The second-order valence-electron chi connectivity index (χ2n) is 6.06. The smallest absolute Gasteiger partial charge is 0.312 e. The van der Waals surface area contributed by atoms with Crippen LogP contribution in [0.25, 0.3) is 0 Å². The van der Waals surface area contributed by atoms with Crippen LogP contribution in [0.1, 0.15) is 30.9 Å². The SMILES string of the molecule is C/C(=N/Nc1ncc(C(F)(F)F)cc1Cl)c1ccc(N2CCCC2=O)cc1. The summed E-state index contributed by atoms with van der Waals surface area (Å²) in [4.78, 5) is 17.2. The number of anilines is 2. The molecule has 0 aliphatic carbocycles. The van der Waals surface area contributed by atoms with Crippen molar-refractivity contribution in [2.45, 2.75) is 25.9 Å². The number of amides is 1. The fourth-order valence-corrected chi connectivity index (χ4v) is 2.89. The van der Waals surface area contributed by atoms with E-state index in [1.807, 2.05) is 24.3 Å². The average Bonchev–Trinajstić information content (AvgIpc) is 3.05. The van der Waals surface area contributed by atoms with Gasteiger partial charge in [0.05, 0.1) is 16.3 Å². The minimum atomic E-state index is -4.51. The van der Waals surface area contributed by atoms with Crippen LogP contribution in [0.15, 0.2) is 41.6 Å². The van der Waals surface area contributed by atoms with Crippen LogP contribution < -0.4 is 10.3 Å². The van der Waals surface area contributed by atoms with Crippen molar-refractivity contribution in [3.63, 3.8) is 0 Å². The van der Waals surface area contributed by atoms with Crippen molar-refractivity contribution in [3.8, 4) is 0 Å². The molecule has 0 atom stereocenters. The Morgan fingerprint density at radius 1 is 1.30 bits per heavy atom. The van der Waals surface area contributed by atoms with E-state index >= 15 is 0 Å². The third-order valence-electron chi connectivity index (χ3n) is 4.17. The minimum Gasteiger partial charge on any atom is -0.312 e. The number of hydrazone groups is 1. The highest BCUT2D eigenvalue weighted by atomic mass is 35.5. The molecule has 5 nitrogen and oxygen atoms in total. The van der Waals surface area contributed by atoms with Crippen molar-refractivity contribution >= 4 is 34.7 Å². The highest BCUT2D eigenvalue weighted by Gasteiger charge is 2.31. The monoisotopic (exact) mass is 396 g/mol. The van der Waals surface area contributed by atoms with Crippen molar-refractivity contribution in [3.05, 3.63) is 52.7 Å². The van der Waals surface area contributed by atoms with Crippen LogP contribution in [0.4, 0.5) is 24.7 Å². The van der Waals surface area contributed by atoms with Gasteiger partial charge in [0.25, 0.3) is 0 Å². The van der Waals surface area contributed by atoms with Gasteiger partial charge in [-0.2, -0.15) is 18.3 Å². The Bertz CT molecular complexity index is 881. The van der Waals surface area contributed by atoms with E-state index < -0.39 is 11.7 Å². The van der Waals surface area contributed by atoms with Gasteiger partial charge in [0.1, 0.15) is 0 Å². The molecule has 2 heterocycles. The predicted molar refractivity (Wildman–Crippen MR) is 98.1 cm³/mol. The Kier molecular flexibility index (Phi) is 5.36. The van der Waals surface area contributed by atoms with Crippen molar-refractivity contribution in [1.82, 2.24) is 4.98 Å². The lowest BCUT2D eigenvalue weighted by atomic mass is 10.1. The maximum atomic E-state index is 12.6. The van der Waals surface area contributed by atoms with Gasteiger partial charge in [-0.1, -0.05) is 23.7 Å². The fourth-order valence-electron chi connectivity index (χ4n) is 2.68. The Morgan fingerprint density at radius 2 is 2.00 bits per heavy atom. The van der Waals surface area contributed by atoms with E-state index in [4.69, 9.17) is 11.6 Å². The lowest BCUT2D eigenvalue weighted by Crippen LogP contribution is -2.23. The van der Waals surface area contributed by atoms with Gasteiger partial charge in [0.2, 0.25) is 5.91 Å². The summed E-state index contributed by atoms with van der Waals surface area (Å²) in [6, 6.07) is 8.11. The van der Waals surface area contributed by atoms with Crippen LogP contribution in [0.5, 0.6) is 0 Å². The maximum absolute atomic E-state index is 12.6. The van der Waals surface area contributed by atoms with Crippen LogP contribution in [-0.2, 0) is 11.0 Å². The molecule has 1 aliphatic rings. The Hall–Kier alpha value is -2.61. The third-order valence-corrected chi connectivity index (χ3v) is 4.46. The Morgan fingerprint density at radius 3 is 2.56 bits per heavy atom. The third kappa shape index (κ3) is 4.39. The molecule has 0 bridgehead atoms. The van der Waals surface area contributed by atoms with Crippen LogP contribution in [0, 0.1) is 0 Å². The number of benzene rings is 1. The van der Waals surface area contributed by atoms with E-state index in [2.05, 4.69) is 15.5 Å². The van der Waals surface area contributed by atoms with Crippen LogP contribution in [-0.4, -0.2) is 23.1 Å². The number of carbonyl (C=O) groups excluding carboxylic acids is 1. The Labute approximate surface area is 158 Å². The number of carbonyl (C=O) groups is 1. The first kappa shape index (κ1) is 19.2. The highest BCUT2D eigenvalue weighted by Crippen LogP contribution is 2.32. The Balaban J connectivity index is 1.71. The number of rotatable bonds is 4. The van der Waals surface area contributed by atoms with Crippen LogP contribution >= 0.6 is 11.6 Å². The number of nitrogens with one attached hydrogen (secondary N) is 1. The van der Waals surface area contributed by atoms with Gasteiger partial charge in [0.15, 0.2) is 5.82 Å². The normalized spacial score (nSPS) is 15.4. The molecule has 1 aromatic carbocycles. The quantitative estimate of drug-likeness (QED) is 0.601. The zero-order chi connectivity index (χ0) is 19.6. The molecule has 142 valence electrons. The molecular formula is C18H16ClF3N4O. The summed E-state index contributed by atoms with van der Waals surface area (Å²) in [6.45, 7) is 2.45. The van der Waals surface area contributed by atoms with E-state index in [1.54, 1.807) is 11.8 Å². The predicted octanol–water partition coefficient (Wildman–Crippen LogP) is 4.72. The van der Waals surface area contributed by atoms with Gasteiger partial charge in [-0.25, -0.2) is 4.98 Å². The van der Waals surface area contributed by atoms with Crippen LogP contribution in [0.2, 0.25) is 5.02 Å². The average molecular weight is 397 g/mol. The molecule has 0 unspecified atom stereocenters. The lowest BCUT2D eigenvalue weighted by molar-refractivity contribution is -0.137. The van der Waals surface area contributed by atoms with Gasteiger partial charge in [-0.15, -0.1) is 0 Å². The van der Waals surface area contributed by atoms with E-state index in [1.165, 1.54) is 0 Å². The summed E-state index contributed by atoms with van der Waals surface area (Å²) in [5.41, 5.74) is 3.87. The number of hydrogen-bond donors (Lipinski definition) is 1. The first-order chi connectivity index (χ1) is 12.8. The van der Waals surface area contributed by atoms with Crippen molar-refractivity contribution in [1.29, 1.82) is 0 Å². The zero-order valence-corrected chi connectivity index (χ0v) is 15.1. The summed E-state index contributed by atoms with van der Waals surface area (Å²) in [5.74, 6) is 0.140. The molecule has 0 radical (unpaired) electrons. The largest absolute Gasteiger partial charge is 0.417 e. The molecule has 1 saturated heterocycles. The lowest BCUT2D eigenvalue weighted by Gasteiger charge is -2.15. The molecule has 1 fully saturated rings. The number of aromatic nitrogens is 1. The highest BCUT2D eigenvalue weighted by molar-refractivity contribution is 6.33. The number of halogens is 4. The molecule has 1 aliphatic heterocycles. The second kappa shape index (κ2) is 7.56. The second-order valence-corrected chi connectivity index (χ2v) is 6.46. The summed E-state index contributed by atoms with van der Waals surface area (Å²) in [5, 5.41) is 3.94. The van der Waals surface area contributed by atoms with Gasteiger partial charge in [-0.05, 0) is 37.1 Å². The molecule has 2 aromatic rings. The zero-order valence-electron chi connectivity index (χ0n) is 14.3. The molecule has 1 amide bonds.